The Bertz CT molecular complexity index is 1030. The molecule has 3 aromatic rings. The van der Waals surface area contributed by atoms with Crippen LogP contribution >= 0.6 is 0 Å². The molecule has 0 aliphatic carbocycles. The molecule has 2 aromatic carbocycles. The Morgan fingerprint density at radius 2 is 1.76 bits per heavy atom. The van der Waals surface area contributed by atoms with E-state index >= 15 is 0 Å². The average Bonchev–Trinajstić information content (AvgIpc) is 2.86. The molecule has 8 nitrogen and oxygen atoms in total. The van der Waals surface area contributed by atoms with Crippen LogP contribution in [0.25, 0.3) is 0 Å². The van der Waals surface area contributed by atoms with Crippen LogP contribution in [0.4, 0.5) is 0 Å². The van der Waals surface area contributed by atoms with Crippen LogP contribution in [0, 0.1) is 0 Å². The lowest BCUT2D eigenvalue weighted by Crippen LogP contribution is -2.15. The number of aromatic nitrogens is 2. The zero-order chi connectivity index (χ0) is 24.2. The number of aryl methyl sites for hydroxylation is 1. The first-order valence-electron chi connectivity index (χ1n) is 11.4. The number of carbonyl (C=O) groups is 1. The predicted octanol–water partition coefficient (Wildman–Crippen LogP) is 4.67. The highest BCUT2D eigenvalue weighted by molar-refractivity contribution is 5.76. The Balaban J connectivity index is 1.46. The van der Waals surface area contributed by atoms with Gasteiger partial charge in [-0.05, 0) is 54.8 Å². The van der Waals surface area contributed by atoms with Gasteiger partial charge in [-0.1, -0.05) is 25.5 Å². The topological polar surface area (TPSA) is 100 Å². The van der Waals surface area contributed by atoms with Crippen LogP contribution in [0.5, 0.6) is 23.1 Å². The highest BCUT2D eigenvalue weighted by Gasteiger charge is 2.18. The van der Waals surface area contributed by atoms with Gasteiger partial charge < -0.3 is 24.1 Å². The van der Waals surface area contributed by atoms with Crippen LogP contribution in [0.3, 0.4) is 0 Å². The number of aliphatic hydroxyl groups excluding tert-OH is 1. The SMILES string of the molecule is CCCc1cc(Oc2cnccn2)ccc1OCCCOc1ccc(C(O)C(=O)OCC)cc1. The third kappa shape index (κ3) is 7.45. The van der Waals surface area contributed by atoms with Crippen molar-refractivity contribution in [2.45, 2.75) is 39.2 Å². The molecule has 0 spiro atoms. The van der Waals surface area contributed by atoms with Gasteiger partial charge >= 0.3 is 5.97 Å². The molecule has 1 aromatic heterocycles. The molecule has 0 fully saturated rings. The largest absolute Gasteiger partial charge is 0.493 e. The minimum Gasteiger partial charge on any atom is -0.493 e. The first-order chi connectivity index (χ1) is 16.6. The van der Waals surface area contributed by atoms with E-state index in [2.05, 4.69) is 16.9 Å². The van der Waals surface area contributed by atoms with Crippen LogP contribution in [0.15, 0.2) is 61.1 Å². The summed E-state index contributed by atoms with van der Waals surface area (Å²) in [4.78, 5) is 19.8. The molecule has 0 saturated heterocycles. The van der Waals surface area contributed by atoms with Gasteiger partial charge in [0.15, 0.2) is 6.10 Å². The van der Waals surface area contributed by atoms with Gasteiger partial charge in [0.1, 0.15) is 17.2 Å². The van der Waals surface area contributed by atoms with E-state index in [4.69, 9.17) is 18.9 Å². The minimum absolute atomic E-state index is 0.222. The molecule has 0 aliphatic rings. The molecule has 1 atom stereocenters. The van der Waals surface area contributed by atoms with Gasteiger partial charge in [-0.2, -0.15) is 0 Å². The highest BCUT2D eigenvalue weighted by atomic mass is 16.5. The number of carbonyl (C=O) groups excluding carboxylic acids is 1. The first-order valence-corrected chi connectivity index (χ1v) is 11.4. The number of aliphatic hydroxyl groups is 1. The monoisotopic (exact) mass is 466 g/mol. The van der Waals surface area contributed by atoms with Crippen molar-refractivity contribution in [1.82, 2.24) is 9.97 Å². The summed E-state index contributed by atoms with van der Waals surface area (Å²) in [5.41, 5.74) is 1.53. The Labute approximate surface area is 199 Å². The summed E-state index contributed by atoms with van der Waals surface area (Å²) in [6.07, 6.45) is 6.00. The Morgan fingerprint density at radius 3 is 2.47 bits per heavy atom. The lowest BCUT2D eigenvalue weighted by Gasteiger charge is -2.14. The second-order valence-corrected chi connectivity index (χ2v) is 7.44. The van der Waals surface area contributed by atoms with Gasteiger partial charge in [0.05, 0.1) is 26.0 Å². The van der Waals surface area contributed by atoms with E-state index in [1.165, 1.54) is 0 Å². The summed E-state index contributed by atoms with van der Waals surface area (Å²) in [6.45, 7) is 5.00. The van der Waals surface area contributed by atoms with Crippen molar-refractivity contribution in [3.8, 4) is 23.1 Å². The maximum atomic E-state index is 11.6. The lowest BCUT2D eigenvalue weighted by atomic mass is 10.1. The van der Waals surface area contributed by atoms with E-state index in [0.29, 0.717) is 42.6 Å². The smallest absolute Gasteiger partial charge is 0.339 e. The van der Waals surface area contributed by atoms with Crippen molar-refractivity contribution in [1.29, 1.82) is 0 Å². The maximum absolute atomic E-state index is 11.6. The summed E-state index contributed by atoms with van der Waals surface area (Å²) in [5, 5.41) is 9.97. The molecule has 0 radical (unpaired) electrons. The molecule has 3 rings (SSSR count). The first kappa shape index (κ1) is 25.0. The van der Waals surface area contributed by atoms with Gasteiger partial charge in [0.25, 0.3) is 0 Å². The van der Waals surface area contributed by atoms with E-state index in [9.17, 15) is 9.90 Å². The standard InChI is InChI=1S/C26H30N2O6/c1-3-6-20-17-22(34-24-18-27-13-14-28-24)11-12-23(20)33-16-5-15-32-21-9-7-19(8-10-21)25(29)26(30)31-4-2/h7-14,17-18,25,29H,3-6,15-16H2,1-2H3. The summed E-state index contributed by atoms with van der Waals surface area (Å²) in [7, 11) is 0. The van der Waals surface area contributed by atoms with Gasteiger partial charge in [-0.15, -0.1) is 0 Å². The third-order valence-electron chi connectivity index (χ3n) is 4.83. The zero-order valence-corrected chi connectivity index (χ0v) is 19.5. The van der Waals surface area contributed by atoms with Crippen molar-refractivity contribution in [2.75, 3.05) is 19.8 Å². The van der Waals surface area contributed by atoms with E-state index in [1.54, 1.807) is 49.8 Å². The predicted molar refractivity (Wildman–Crippen MR) is 126 cm³/mol. The summed E-state index contributed by atoms with van der Waals surface area (Å²) >= 11 is 0. The normalized spacial score (nSPS) is 11.5. The van der Waals surface area contributed by atoms with Crippen molar-refractivity contribution in [2.24, 2.45) is 0 Å². The van der Waals surface area contributed by atoms with Gasteiger partial charge in [-0.3, -0.25) is 4.98 Å². The van der Waals surface area contributed by atoms with E-state index in [0.717, 1.165) is 24.2 Å². The van der Waals surface area contributed by atoms with E-state index in [1.807, 2.05) is 18.2 Å². The fourth-order valence-electron chi connectivity index (χ4n) is 3.22. The number of rotatable bonds is 13. The Morgan fingerprint density at radius 1 is 1.00 bits per heavy atom. The molecule has 0 aliphatic heterocycles. The second-order valence-electron chi connectivity index (χ2n) is 7.44. The number of nitrogens with zero attached hydrogens (tertiary/aromatic N) is 2. The minimum atomic E-state index is -1.29. The number of hydrogen-bond acceptors (Lipinski definition) is 8. The average molecular weight is 467 g/mol. The highest BCUT2D eigenvalue weighted by Crippen LogP contribution is 2.28. The molecular formula is C26H30N2O6. The van der Waals surface area contributed by atoms with Crippen molar-refractivity contribution in [3.05, 3.63) is 72.2 Å². The fourth-order valence-corrected chi connectivity index (χ4v) is 3.22. The number of hydrogen-bond donors (Lipinski definition) is 1. The molecule has 1 N–H and O–H groups in total. The molecule has 0 saturated carbocycles. The lowest BCUT2D eigenvalue weighted by molar-refractivity contribution is -0.153. The van der Waals surface area contributed by atoms with Gasteiger partial charge in [-0.25, -0.2) is 9.78 Å². The zero-order valence-electron chi connectivity index (χ0n) is 19.5. The molecule has 8 heteroatoms. The molecule has 0 bridgehead atoms. The number of esters is 1. The van der Waals surface area contributed by atoms with Crippen LogP contribution in [-0.2, 0) is 16.0 Å². The van der Waals surface area contributed by atoms with Crippen LogP contribution < -0.4 is 14.2 Å². The number of benzene rings is 2. The Hall–Kier alpha value is -3.65. The summed E-state index contributed by atoms with van der Waals surface area (Å²) in [6, 6.07) is 12.5. The summed E-state index contributed by atoms with van der Waals surface area (Å²) in [5.74, 6) is 1.95. The molecule has 0 amide bonds. The molecule has 1 heterocycles. The quantitative estimate of drug-likeness (QED) is 0.287. The van der Waals surface area contributed by atoms with Gasteiger partial charge in [0, 0.05) is 18.8 Å². The van der Waals surface area contributed by atoms with Crippen molar-refractivity contribution in [3.63, 3.8) is 0 Å². The van der Waals surface area contributed by atoms with Gasteiger partial charge in [0.2, 0.25) is 5.88 Å². The molecular weight excluding hydrogens is 436 g/mol. The van der Waals surface area contributed by atoms with Crippen LogP contribution in [0.2, 0.25) is 0 Å². The molecule has 1 unspecified atom stereocenters. The second kappa shape index (κ2) is 13.2. The third-order valence-corrected chi connectivity index (χ3v) is 4.83. The fraction of sp³-hybridized carbons (Fsp3) is 0.346. The van der Waals surface area contributed by atoms with E-state index < -0.39 is 12.1 Å². The van der Waals surface area contributed by atoms with Crippen LogP contribution in [0.1, 0.15) is 43.9 Å². The van der Waals surface area contributed by atoms with E-state index in [-0.39, 0.29) is 6.61 Å². The van der Waals surface area contributed by atoms with Crippen molar-refractivity contribution >= 4 is 5.97 Å². The summed E-state index contributed by atoms with van der Waals surface area (Å²) < 4.78 is 22.3. The Kier molecular flexibility index (Phi) is 9.66. The number of ether oxygens (including phenoxy) is 4. The molecule has 34 heavy (non-hydrogen) atoms. The molecule has 180 valence electrons. The maximum Gasteiger partial charge on any atom is 0.339 e. The van der Waals surface area contributed by atoms with Crippen LogP contribution in [-0.4, -0.2) is 40.9 Å². The van der Waals surface area contributed by atoms with Crippen molar-refractivity contribution < 1.29 is 28.8 Å².